The summed E-state index contributed by atoms with van der Waals surface area (Å²) in [5, 5.41) is 12.6. The van der Waals surface area contributed by atoms with Crippen LogP contribution >= 0.6 is 0 Å². The Morgan fingerprint density at radius 3 is 2.58 bits per heavy atom. The van der Waals surface area contributed by atoms with Gasteiger partial charge in [0.05, 0.1) is 0 Å². The topological polar surface area (TPSA) is 59.1 Å². The van der Waals surface area contributed by atoms with E-state index in [9.17, 15) is 5.11 Å². The second-order valence-electron chi connectivity index (χ2n) is 4.48. The first-order chi connectivity index (χ1) is 9.27. The first-order valence-corrected chi connectivity index (χ1v) is 6.12. The van der Waals surface area contributed by atoms with Gasteiger partial charge < -0.3 is 10.8 Å². The van der Waals surface area contributed by atoms with Gasteiger partial charge in [-0.3, -0.25) is 4.98 Å². The van der Waals surface area contributed by atoms with Crippen molar-refractivity contribution in [2.75, 3.05) is 5.73 Å². The van der Waals surface area contributed by atoms with Gasteiger partial charge in [-0.1, -0.05) is 36.4 Å². The Hall–Kier alpha value is -2.39. The van der Waals surface area contributed by atoms with E-state index in [2.05, 4.69) is 4.98 Å². The highest BCUT2D eigenvalue weighted by atomic mass is 16.3. The number of hydrogen-bond donors (Lipinski definition) is 2. The second-order valence-corrected chi connectivity index (χ2v) is 4.48. The van der Waals surface area contributed by atoms with Gasteiger partial charge in [0.15, 0.2) is 0 Å². The van der Waals surface area contributed by atoms with Crippen LogP contribution in [0.1, 0.15) is 17.2 Å². The van der Waals surface area contributed by atoms with E-state index in [-0.39, 0.29) is 0 Å². The van der Waals surface area contributed by atoms with Crippen molar-refractivity contribution in [2.45, 2.75) is 6.10 Å². The Labute approximate surface area is 111 Å². The van der Waals surface area contributed by atoms with Crippen LogP contribution in [0.3, 0.4) is 0 Å². The summed E-state index contributed by atoms with van der Waals surface area (Å²) in [4.78, 5) is 4.10. The van der Waals surface area contributed by atoms with E-state index in [1.807, 2.05) is 42.5 Å². The van der Waals surface area contributed by atoms with Gasteiger partial charge in [-0.2, -0.15) is 0 Å². The molecule has 0 aliphatic carbocycles. The molecule has 1 atom stereocenters. The number of para-hydroxylation sites is 1. The van der Waals surface area contributed by atoms with E-state index < -0.39 is 6.10 Å². The van der Waals surface area contributed by atoms with Crippen LogP contribution in [0.4, 0.5) is 5.69 Å². The molecule has 0 aliphatic rings. The molecule has 0 saturated carbocycles. The fraction of sp³-hybridized carbons (Fsp3) is 0.0625. The van der Waals surface area contributed by atoms with Gasteiger partial charge in [0.25, 0.3) is 0 Å². The van der Waals surface area contributed by atoms with Gasteiger partial charge >= 0.3 is 0 Å². The molecular formula is C16H14N2O. The van der Waals surface area contributed by atoms with Crippen LogP contribution in [0.2, 0.25) is 0 Å². The standard InChI is InChI=1S/C16H14N2O/c17-15-7-2-1-5-14(15)16(19)13-6-3-4-11-10-18-9-8-12(11)13/h1-10,16,19H,17H2. The zero-order chi connectivity index (χ0) is 13.2. The average molecular weight is 250 g/mol. The van der Waals surface area contributed by atoms with Crippen molar-refractivity contribution in [2.24, 2.45) is 0 Å². The normalized spacial score (nSPS) is 12.5. The maximum absolute atomic E-state index is 10.6. The first kappa shape index (κ1) is 11.7. The Balaban J connectivity index is 2.17. The molecule has 0 radical (unpaired) electrons. The lowest BCUT2D eigenvalue weighted by molar-refractivity contribution is 0.222. The van der Waals surface area contributed by atoms with Crippen LogP contribution in [0.5, 0.6) is 0 Å². The molecule has 19 heavy (non-hydrogen) atoms. The number of aliphatic hydroxyl groups is 1. The van der Waals surface area contributed by atoms with Crippen LogP contribution in [0, 0.1) is 0 Å². The molecule has 0 fully saturated rings. The number of rotatable bonds is 2. The lowest BCUT2D eigenvalue weighted by atomic mass is 9.96. The monoisotopic (exact) mass is 250 g/mol. The molecule has 0 spiro atoms. The Kier molecular flexibility index (Phi) is 2.89. The minimum absolute atomic E-state index is 0.598. The molecule has 3 rings (SSSR count). The maximum atomic E-state index is 10.6. The fourth-order valence-electron chi connectivity index (χ4n) is 2.31. The molecule has 1 aromatic heterocycles. The molecule has 0 aliphatic heterocycles. The van der Waals surface area contributed by atoms with Crippen molar-refractivity contribution in [3.05, 3.63) is 72.1 Å². The number of anilines is 1. The molecule has 1 unspecified atom stereocenters. The van der Waals surface area contributed by atoms with Gasteiger partial charge in [-0.15, -0.1) is 0 Å². The predicted molar refractivity (Wildman–Crippen MR) is 76.7 cm³/mol. The summed E-state index contributed by atoms with van der Waals surface area (Å²) < 4.78 is 0. The number of nitrogens with two attached hydrogens (primary N) is 1. The largest absolute Gasteiger partial charge is 0.398 e. The van der Waals surface area contributed by atoms with Crippen molar-refractivity contribution >= 4 is 16.5 Å². The minimum Gasteiger partial charge on any atom is -0.398 e. The molecule has 3 heteroatoms. The van der Waals surface area contributed by atoms with Gasteiger partial charge in [0.1, 0.15) is 6.10 Å². The van der Waals surface area contributed by atoms with Crippen LogP contribution in [-0.2, 0) is 0 Å². The third kappa shape index (κ3) is 2.04. The smallest absolute Gasteiger partial charge is 0.107 e. The molecule has 1 heterocycles. The molecule has 0 amide bonds. The summed E-state index contributed by atoms with van der Waals surface area (Å²) in [6.07, 6.45) is 2.79. The third-order valence-electron chi connectivity index (χ3n) is 3.30. The van der Waals surface area contributed by atoms with Gasteiger partial charge in [-0.05, 0) is 23.1 Å². The van der Waals surface area contributed by atoms with Crippen molar-refractivity contribution in [3.8, 4) is 0 Å². The highest BCUT2D eigenvalue weighted by Gasteiger charge is 2.15. The van der Waals surface area contributed by atoms with Crippen molar-refractivity contribution < 1.29 is 5.11 Å². The minimum atomic E-state index is -0.729. The highest BCUT2D eigenvalue weighted by molar-refractivity contribution is 5.85. The molecule has 3 N–H and O–H groups in total. The van der Waals surface area contributed by atoms with Gasteiger partial charge in [-0.25, -0.2) is 0 Å². The zero-order valence-corrected chi connectivity index (χ0v) is 10.3. The van der Waals surface area contributed by atoms with Gasteiger partial charge in [0, 0.05) is 29.0 Å². The number of pyridine rings is 1. The predicted octanol–water partition coefficient (Wildman–Crippen LogP) is 2.90. The van der Waals surface area contributed by atoms with Crippen LogP contribution in [-0.4, -0.2) is 10.1 Å². The summed E-state index contributed by atoms with van der Waals surface area (Å²) >= 11 is 0. The fourth-order valence-corrected chi connectivity index (χ4v) is 2.31. The number of aliphatic hydroxyl groups excluding tert-OH is 1. The maximum Gasteiger partial charge on any atom is 0.107 e. The number of nitrogens with zero attached hydrogens (tertiary/aromatic N) is 1. The zero-order valence-electron chi connectivity index (χ0n) is 10.3. The number of benzene rings is 2. The van der Waals surface area contributed by atoms with Crippen LogP contribution in [0.15, 0.2) is 60.9 Å². The molecule has 2 aromatic carbocycles. The Bertz CT molecular complexity index is 719. The van der Waals surface area contributed by atoms with E-state index in [1.165, 1.54) is 0 Å². The first-order valence-electron chi connectivity index (χ1n) is 6.12. The summed E-state index contributed by atoms with van der Waals surface area (Å²) in [5.74, 6) is 0. The van der Waals surface area contributed by atoms with E-state index in [0.29, 0.717) is 5.69 Å². The summed E-state index contributed by atoms with van der Waals surface area (Å²) in [6, 6.07) is 15.1. The average Bonchev–Trinajstić information content (AvgIpc) is 2.46. The number of fused-ring (bicyclic) bond motifs is 1. The van der Waals surface area contributed by atoms with E-state index in [0.717, 1.165) is 21.9 Å². The summed E-state index contributed by atoms with van der Waals surface area (Å²) in [6.45, 7) is 0. The quantitative estimate of drug-likeness (QED) is 0.687. The number of aromatic nitrogens is 1. The molecule has 3 nitrogen and oxygen atoms in total. The lowest BCUT2D eigenvalue weighted by Gasteiger charge is -2.15. The Morgan fingerprint density at radius 1 is 0.947 bits per heavy atom. The molecule has 0 saturated heterocycles. The van der Waals surface area contributed by atoms with Crippen molar-refractivity contribution in [1.29, 1.82) is 0 Å². The highest BCUT2D eigenvalue weighted by Crippen LogP contribution is 2.30. The van der Waals surface area contributed by atoms with Crippen molar-refractivity contribution in [3.63, 3.8) is 0 Å². The van der Waals surface area contributed by atoms with Crippen molar-refractivity contribution in [1.82, 2.24) is 4.98 Å². The number of nitrogen functional groups attached to an aromatic ring is 1. The van der Waals surface area contributed by atoms with Gasteiger partial charge in [0.2, 0.25) is 0 Å². The van der Waals surface area contributed by atoms with E-state index >= 15 is 0 Å². The number of hydrogen-bond acceptors (Lipinski definition) is 3. The molecular weight excluding hydrogens is 236 g/mol. The van der Waals surface area contributed by atoms with Crippen LogP contribution in [0.25, 0.3) is 10.8 Å². The summed E-state index contributed by atoms with van der Waals surface area (Å²) in [5.41, 5.74) is 8.10. The lowest BCUT2D eigenvalue weighted by Crippen LogP contribution is -2.04. The summed E-state index contributed by atoms with van der Waals surface area (Å²) in [7, 11) is 0. The van der Waals surface area contributed by atoms with E-state index in [1.54, 1.807) is 18.5 Å². The SMILES string of the molecule is Nc1ccccc1C(O)c1cccc2cnccc12. The molecule has 0 bridgehead atoms. The Morgan fingerprint density at radius 2 is 1.74 bits per heavy atom. The third-order valence-corrected chi connectivity index (χ3v) is 3.30. The molecule has 3 aromatic rings. The van der Waals surface area contributed by atoms with E-state index in [4.69, 9.17) is 5.73 Å². The molecule has 94 valence electrons. The van der Waals surface area contributed by atoms with Crippen LogP contribution < -0.4 is 5.73 Å². The second kappa shape index (κ2) is 4.71.